The zero-order valence-corrected chi connectivity index (χ0v) is 21.5. The first kappa shape index (κ1) is 22.7. The summed E-state index contributed by atoms with van der Waals surface area (Å²) in [6, 6.07) is 23.3. The highest BCUT2D eigenvalue weighted by Gasteiger charge is 2.39. The maximum absolute atomic E-state index is 13.8. The van der Waals surface area contributed by atoms with Gasteiger partial charge in [-0.25, -0.2) is 0 Å². The summed E-state index contributed by atoms with van der Waals surface area (Å²) >= 11 is 0. The molecule has 0 amide bonds. The Morgan fingerprint density at radius 2 is 1.61 bits per heavy atom. The Labute approximate surface area is 213 Å². The monoisotopic (exact) mass is 475 g/mol. The third-order valence-electron chi connectivity index (χ3n) is 7.75. The number of carbonyl (C=O) groups excluding carboxylic acids is 1. The standard InChI is InChI=1S/C32H33N3O/c1-20-14-25-26(15-21(20)2)34-31(30-27(33-25)16-32(3,4)17-29(30)36)24-19-35(18-22-10-6-5-7-11-22)28-13-9-8-12-23(24)28/h5-15,19,31,33-34H,16-18H2,1-4H3/t31-/m0/s1. The van der Waals surface area contributed by atoms with Crippen molar-refractivity contribution in [2.75, 3.05) is 10.6 Å². The number of hydrogen-bond donors (Lipinski definition) is 2. The Morgan fingerprint density at radius 1 is 0.917 bits per heavy atom. The Kier molecular flexibility index (Phi) is 5.29. The molecule has 4 heteroatoms. The Morgan fingerprint density at radius 3 is 2.39 bits per heavy atom. The molecule has 4 aromatic rings. The number of nitrogens with one attached hydrogen (secondary N) is 2. The summed E-state index contributed by atoms with van der Waals surface area (Å²) in [6.45, 7) is 9.45. The van der Waals surface area contributed by atoms with E-state index < -0.39 is 0 Å². The highest BCUT2D eigenvalue weighted by Crippen LogP contribution is 2.47. The van der Waals surface area contributed by atoms with Crippen LogP contribution in [-0.2, 0) is 11.3 Å². The van der Waals surface area contributed by atoms with Crippen molar-refractivity contribution in [2.24, 2.45) is 5.41 Å². The summed E-state index contributed by atoms with van der Waals surface area (Å²) in [5, 5.41) is 8.70. The van der Waals surface area contributed by atoms with E-state index in [4.69, 9.17) is 0 Å². The molecule has 1 atom stereocenters. The van der Waals surface area contributed by atoms with Gasteiger partial charge in [0, 0.05) is 46.9 Å². The van der Waals surface area contributed by atoms with Crippen molar-refractivity contribution < 1.29 is 4.79 Å². The molecule has 1 aromatic heterocycles. The number of aromatic nitrogens is 1. The van der Waals surface area contributed by atoms with Crippen molar-refractivity contribution in [1.82, 2.24) is 4.57 Å². The van der Waals surface area contributed by atoms with Crippen molar-refractivity contribution in [3.63, 3.8) is 0 Å². The summed E-state index contributed by atoms with van der Waals surface area (Å²) in [5.41, 5.74) is 10.0. The highest BCUT2D eigenvalue weighted by atomic mass is 16.1. The van der Waals surface area contributed by atoms with Gasteiger partial charge in [0.1, 0.15) is 0 Å². The molecule has 3 aromatic carbocycles. The first-order valence-corrected chi connectivity index (χ1v) is 12.8. The third-order valence-corrected chi connectivity index (χ3v) is 7.75. The number of carbonyl (C=O) groups is 1. The molecule has 0 unspecified atom stereocenters. The van der Waals surface area contributed by atoms with Gasteiger partial charge in [-0.3, -0.25) is 4.79 Å². The van der Waals surface area contributed by atoms with Gasteiger partial charge in [-0.1, -0.05) is 62.4 Å². The lowest BCUT2D eigenvalue weighted by atomic mass is 9.73. The maximum atomic E-state index is 13.8. The molecule has 0 saturated heterocycles. The quantitative estimate of drug-likeness (QED) is 0.322. The maximum Gasteiger partial charge on any atom is 0.163 e. The van der Waals surface area contributed by atoms with Crippen molar-refractivity contribution in [1.29, 1.82) is 0 Å². The lowest BCUT2D eigenvalue weighted by molar-refractivity contribution is -0.118. The molecule has 0 radical (unpaired) electrons. The highest BCUT2D eigenvalue weighted by molar-refractivity contribution is 6.02. The van der Waals surface area contributed by atoms with Gasteiger partial charge in [0.15, 0.2) is 5.78 Å². The van der Waals surface area contributed by atoms with Gasteiger partial charge in [0.05, 0.1) is 17.4 Å². The average molecular weight is 476 g/mol. The molecule has 0 fully saturated rings. The topological polar surface area (TPSA) is 46.1 Å². The van der Waals surface area contributed by atoms with Crippen LogP contribution >= 0.6 is 0 Å². The number of ketones is 1. The van der Waals surface area contributed by atoms with Crippen LogP contribution in [0.15, 0.2) is 84.2 Å². The molecule has 1 aliphatic carbocycles. The second-order valence-electron chi connectivity index (χ2n) is 11.2. The predicted molar refractivity (Wildman–Crippen MR) is 148 cm³/mol. The molecule has 0 spiro atoms. The number of Topliss-reactive ketones (excluding diaryl/α,β-unsaturated/α-hetero) is 1. The normalized spacial score (nSPS) is 18.8. The fraction of sp³-hybridized carbons (Fsp3) is 0.281. The molecular formula is C32H33N3O. The van der Waals surface area contributed by atoms with Crippen LogP contribution in [0.5, 0.6) is 0 Å². The largest absolute Gasteiger partial charge is 0.372 e. The minimum Gasteiger partial charge on any atom is -0.372 e. The Bertz CT molecular complexity index is 1520. The van der Waals surface area contributed by atoms with E-state index in [0.29, 0.717) is 6.42 Å². The van der Waals surface area contributed by atoms with Crippen LogP contribution in [-0.4, -0.2) is 10.4 Å². The van der Waals surface area contributed by atoms with Gasteiger partial charge in [0.25, 0.3) is 0 Å². The minimum atomic E-state index is -0.221. The number of fused-ring (bicyclic) bond motifs is 2. The van der Waals surface area contributed by atoms with Crippen LogP contribution in [0.3, 0.4) is 0 Å². The summed E-state index contributed by atoms with van der Waals surface area (Å²) in [6.07, 6.45) is 3.66. The number of rotatable bonds is 3. The van der Waals surface area contributed by atoms with Gasteiger partial charge < -0.3 is 15.2 Å². The summed E-state index contributed by atoms with van der Waals surface area (Å²) < 4.78 is 2.32. The summed E-state index contributed by atoms with van der Waals surface area (Å²) in [7, 11) is 0. The fourth-order valence-electron chi connectivity index (χ4n) is 5.86. The molecule has 2 heterocycles. The van der Waals surface area contributed by atoms with Gasteiger partial charge in [-0.15, -0.1) is 0 Å². The minimum absolute atomic E-state index is 0.0704. The van der Waals surface area contributed by atoms with E-state index >= 15 is 0 Å². The molecule has 2 N–H and O–H groups in total. The number of nitrogens with zero attached hydrogens (tertiary/aromatic N) is 1. The van der Waals surface area contributed by atoms with Crippen molar-refractivity contribution in [2.45, 2.75) is 53.1 Å². The van der Waals surface area contributed by atoms with E-state index in [0.717, 1.165) is 41.2 Å². The summed E-state index contributed by atoms with van der Waals surface area (Å²) in [5.74, 6) is 0.229. The van der Waals surface area contributed by atoms with Crippen LogP contribution in [0.25, 0.3) is 10.9 Å². The molecule has 36 heavy (non-hydrogen) atoms. The molecule has 6 rings (SSSR count). The predicted octanol–water partition coefficient (Wildman–Crippen LogP) is 7.53. The van der Waals surface area contributed by atoms with Gasteiger partial charge in [-0.05, 0) is 60.6 Å². The fourth-order valence-corrected chi connectivity index (χ4v) is 5.86. The molecule has 1 aliphatic heterocycles. The second kappa shape index (κ2) is 8.41. The molecule has 0 saturated carbocycles. The zero-order valence-electron chi connectivity index (χ0n) is 21.5. The van der Waals surface area contributed by atoms with Gasteiger partial charge >= 0.3 is 0 Å². The second-order valence-corrected chi connectivity index (χ2v) is 11.2. The zero-order chi connectivity index (χ0) is 25.0. The van der Waals surface area contributed by atoms with Crippen molar-refractivity contribution in [3.8, 4) is 0 Å². The van der Waals surface area contributed by atoms with Crippen molar-refractivity contribution >= 4 is 28.1 Å². The number of hydrogen-bond acceptors (Lipinski definition) is 3. The van der Waals surface area contributed by atoms with E-state index in [1.54, 1.807) is 0 Å². The SMILES string of the molecule is Cc1cc2c(cc1C)N[C@@H](c1cn(Cc3ccccc3)c3ccccc13)C1=C(CC(C)(C)CC1=O)N2. The number of benzene rings is 3. The van der Waals surface area contributed by atoms with E-state index in [-0.39, 0.29) is 17.2 Å². The van der Waals surface area contributed by atoms with Crippen LogP contribution in [0.4, 0.5) is 11.4 Å². The molecular weight excluding hydrogens is 442 g/mol. The summed E-state index contributed by atoms with van der Waals surface area (Å²) in [4.78, 5) is 13.8. The van der Waals surface area contributed by atoms with Gasteiger partial charge in [0.2, 0.25) is 0 Å². The number of allylic oxidation sites excluding steroid dienone is 1. The lowest BCUT2D eigenvalue weighted by Crippen LogP contribution is -2.31. The number of para-hydroxylation sites is 1. The average Bonchev–Trinajstić information content (AvgIpc) is 3.11. The number of aryl methyl sites for hydroxylation is 2. The lowest BCUT2D eigenvalue weighted by Gasteiger charge is -2.34. The molecule has 2 aliphatic rings. The van der Waals surface area contributed by atoms with Crippen molar-refractivity contribution in [3.05, 3.63) is 106 Å². The smallest absolute Gasteiger partial charge is 0.163 e. The molecule has 182 valence electrons. The van der Waals surface area contributed by atoms with E-state index in [2.05, 4.69) is 116 Å². The van der Waals surface area contributed by atoms with Crippen LogP contribution in [0.1, 0.15) is 55.0 Å². The first-order valence-electron chi connectivity index (χ1n) is 12.8. The Hall–Kier alpha value is -3.79. The van der Waals surface area contributed by atoms with Crippen LogP contribution in [0.2, 0.25) is 0 Å². The van der Waals surface area contributed by atoms with E-state index in [1.165, 1.54) is 27.6 Å². The van der Waals surface area contributed by atoms with E-state index in [1.807, 2.05) is 0 Å². The van der Waals surface area contributed by atoms with Crippen LogP contribution in [0, 0.1) is 19.3 Å². The molecule has 0 bridgehead atoms. The first-order chi connectivity index (χ1) is 17.3. The van der Waals surface area contributed by atoms with Gasteiger partial charge in [-0.2, -0.15) is 0 Å². The van der Waals surface area contributed by atoms with E-state index in [9.17, 15) is 4.79 Å². The van der Waals surface area contributed by atoms with Crippen LogP contribution < -0.4 is 10.6 Å². The number of anilines is 2. The Balaban J connectivity index is 1.55. The third kappa shape index (κ3) is 3.91. The molecule has 4 nitrogen and oxygen atoms in total.